The van der Waals surface area contributed by atoms with E-state index in [0.717, 1.165) is 52.1 Å². The first-order valence-electron chi connectivity index (χ1n) is 16.1. The predicted octanol–water partition coefficient (Wildman–Crippen LogP) is 5.13. The van der Waals surface area contributed by atoms with Gasteiger partial charge in [-0.1, -0.05) is 0 Å². The molecule has 2 saturated heterocycles. The second-order valence-electron chi connectivity index (χ2n) is 12.8. The molecular weight excluding hydrogens is 695 g/mol. The Morgan fingerprint density at radius 1 is 0.979 bits per heavy atom. The molecule has 0 spiro atoms. The summed E-state index contributed by atoms with van der Waals surface area (Å²) in [6.07, 6.45) is 8.04. The standard InChI is InChI=1S/C33H42BrN10O3P/c1-21(45)23-19-27(32(47-3)41-31(23)44-15-9-22(10-16-44)43-14-6-13-42(2)17-18-43)39-33-37-20-24(34)30(40-33)38-26-8-7-25-28(36-12-11-35-25)29(26)48(4,5)46/h7-8,11-12,19-20,22H,6,9-10,13-18H2,1-5H3,(H2,37,38,39,40). The molecule has 0 bridgehead atoms. The molecule has 1 aromatic carbocycles. The van der Waals surface area contributed by atoms with Crippen molar-refractivity contribution in [1.29, 1.82) is 0 Å². The van der Waals surface area contributed by atoms with E-state index < -0.39 is 7.14 Å². The lowest BCUT2D eigenvalue weighted by atomic mass is 10.0. The molecule has 0 radical (unpaired) electrons. The molecule has 0 amide bonds. The van der Waals surface area contributed by atoms with E-state index in [4.69, 9.17) is 14.7 Å². The number of aromatic nitrogens is 5. The number of hydrogen-bond donors (Lipinski definition) is 2. The molecule has 2 N–H and O–H groups in total. The molecule has 0 atom stereocenters. The molecule has 254 valence electrons. The molecule has 4 aromatic rings. The van der Waals surface area contributed by atoms with Crippen molar-refractivity contribution in [3.63, 3.8) is 0 Å². The first kappa shape index (κ1) is 34.2. The van der Waals surface area contributed by atoms with Crippen LogP contribution in [0.4, 0.5) is 29.0 Å². The summed E-state index contributed by atoms with van der Waals surface area (Å²) in [5.74, 6) is 1.58. The third-order valence-corrected chi connectivity index (χ3v) is 11.1. The van der Waals surface area contributed by atoms with Crippen LogP contribution in [-0.2, 0) is 4.57 Å². The van der Waals surface area contributed by atoms with Crippen molar-refractivity contribution in [2.24, 2.45) is 0 Å². The first-order chi connectivity index (χ1) is 23.0. The molecule has 6 rings (SSSR count). The third-order valence-electron chi connectivity index (χ3n) is 8.97. The Morgan fingerprint density at radius 3 is 2.48 bits per heavy atom. The topological polar surface area (TPSA) is 142 Å². The highest BCUT2D eigenvalue weighted by atomic mass is 79.9. The van der Waals surface area contributed by atoms with Gasteiger partial charge in [-0.2, -0.15) is 9.97 Å². The number of anilines is 5. The maximum Gasteiger partial charge on any atom is 0.239 e. The quantitative estimate of drug-likeness (QED) is 0.173. The third kappa shape index (κ3) is 7.46. The number of rotatable bonds is 9. The minimum absolute atomic E-state index is 0.0875. The van der Waals surface area contributed by atoms with Gasteiger partial charge in [0.25, 0.3) is 0 Å². The van der Waals surface area contributed by atoms with Crippen molar-refractivity contribution in [3.05, 3.63) is 46.8 Å². The largest absolute Gasteiger partial charge is 0.479 e. The van der Waals surface area contributed by atoms with E-state index in [-0.39, 0.29) is 11.7 Å². The van der Waals surface area contributed by atoms with Crippen LogP contribution in [0.25, 0.3) is 11.0 Å². The summed E-state index contributed by atoms with van der Waals surface area (Å²) in [6.45, 7) is 11.1. The molecule has 13 nitrogen and oxygen atoms in total. The fraction of sp³-hybridized carbons (Fsp3) is 0.455. The van der Waals surface area contributed by atoms with Crippen molar-refractivity contribution in [2.75, 3.05) is 82.3 Å². The maximum atomic E-state index is 13.4. The number of carbonyl (C=O) groups excluding carboxylic acids is 1. The molecule has 0 aliphatic carbocycles. The normalized spacial score (nSPS) is 16.9. The summed E-state index contributed by atoms with van der Waals surface area (Å²) in [5, 5.41) is 7.11. The minimum Gasteiger partial charge on any atom is -0.479 e. The van der Waals surface area contributed by atoms with Gasteiger partial charge >= 0.3 is 0 Å². The minimum atomic E-state index is -2.78. The van der Waals surface area contributed by atoms with Gasteiger partial charge in [0.2, 0.25) is 11.8 Å². The zero-order chi connectivity index (χ0) is 34.0. The Balaban J connectivity index is 1.24. The van der Waals surface area contributed by atoms with Crippen LogP contribution in [0, 0.1) is 0 Å². The van der Waals surface area contributed by atoms with E-state index in [1.165, 1.54) is 6.42 Å². The number of pyridine rings is 1. The number of halogens is 1. The van der Waals surface area contributed by atoms with E-state index in [2.05, 4.69) is 63.3 Å². The van der Waals surface area contributed by atoms with Crippen LogP contribution in [0.1, 0.15) is 36.5 Å². The Bertz CT molecular complexity index is 1860. The van der Waals surface area contributed by atoms with E-state index in [1.54, 1.807) is 52.0 Å². The van der Waals surface area contributed by atoms with Crippen molar-refractivity contribution >= 4 is 74.2 Å². The molecule has 3 aromatic heterocycles. The average molecular weight is 738 g/mol. The van der Waals surface area contributed by atoms with Crippen LogP contribution in [0.15, 0.2) is 41.3 Å². The van der Waals surface area contributed by atoms with Gasteiger partial charge in [0.05, 0.1) is 33.7 Å². The number of benzene rings is 1. The van der Waals surface area contributed by atoms with Gasteiger partial charge in [-0.05, 0) is 93.8 Å². The molecule has 15 heteroatoms. The highest BCUT2D eigenvalue weighted by Crippen LogP contribution is 2.41. The van der Waals surface area contributed by atoms with Crippen LogP contribution in [0.3, 0.4) is 0 Å². The molecule has 48 heavy (non-hydrogen) atoms. The summed E-state index contributed by atoms with van der Waals surface area (Å²) >= 11 is 3.54. The van der Waals surface area contributed by atoms with E-state index in [9.17, 15) is 9.36 Å². The lowest BCUT2D eigenvalue weighted by Gasteiger charge is -2.39. The first-order valence-corrected chi connectivity index (χ1v) is 19.5. The summed E-state index contributed by atoms with van der Waals surface area (Å²) in [5.41, 5.74) is 2.82. The molecular formula is C33H42BrN10O3P. The van der Waals surface area contributed by atoms with Gasteiger partial charge in [-0.25, -0.2) is 4.98 Å². The van der Waals surface area contributed by atoms with Crippen molar-refractivity contribution in [3.8, 4) is 5.88 Å². The number of likely N-dealkylation sites (N-methyl/N-ethyl adjacent to an activating group) is 1. The summed E-state index contributed by atoms with van der Waals surface area (Å²) in [6, 6.07) is 5.96. The zero-order valence-corrected chi connectivity index (χ0v) is 30.5. The van der Waals surface area contributed by atoms with Crippen molar-refractivity contribution in [1.82, 2.24) is 34.7 Å². The number of nitrogens with zero attached hydrogens (tertiary/aromatic N) is 8. The van der Waals surface area contributed by atoms with E-state index in [1.807, 2.05) is 12.1 Å². The SMILES string of the molecule is COc1nc(N2CCC(N3CCCN(C)CC3)CC2)c(C(C)=O)cc1Nc1ncc(Br)c(Nc2ccc3nccnc3c2P(C)(C)=O)n1. The summed E-state index contributed by atoms with van der Waals surface area (Å²) < 4.78 is 19.7. The molecule has 0 saturated carbocycles. The van der Waals surface area contributed by atoms with E-state index >= 15 is 0 Å². The lowest BCUT2D eigenvalue weighted by molar-refractivity contribution is 0.101. The van der Waals surface area contributed by atoms with Gasteiger partial charge in [-0.15, -0.1) is 0 Å². The number of fused-ring (bicyclic) bond motifs is 1. The summed E-state index contributed by atoms with van der Waals surface area (Å²) in [7, 11) is 0.970. The van der Waals surface area contributed by atoms with Crippen LogP contribution in [0.5, 0.6) is 5.88 Å². The van der Waals surface area contributed by atoms with Crippen molar-refractivity contribution < 1.29 is 14.1 Å². The predicted molar refractivity (Wildman–Crippen MR) is 195 cm³/mol. The fourth-order valence-electron chi connectivity index (χ4n) is 6.54. The van der Waals surface area contributed by atoms with Crippen LogP contribution < -0.4 is 25.6 Å². The Kier molecular flexibility index (Phi) is 10.3. The second kappa shape index (κ2) is 14.4. The highest BCUT2D eigenvalue weighted by molar-refractivity contribution is 9.10. The number of methoxy groups -OCH3 is 1. The molecule has 0 unspecified atom stereocenters. The Morgan fingerprint density at radius 2 is 1.75 bits per heavy atom. The monoisotopic (exact) mass is 736 g/mol. The van der Waals surface area contributed by atoms with Gasteiger partial charge in [0.1, 0.15) is 30.0 Å². The van der Waals surface area contributed by atoms with Crippen LogP contribution >= 0.6 is 23.1 Å². The number of nitrogens with one attached hydrogen (secondary N) is 2. The second-order valence-corrected chi connectivity index (χ2v) is 16.8. The molecule has 2 fully saturated rings. The molecule has 2 aliphatic rings. The number of ketones is 1. The smallest absolute Gasteiger partial charge is 0.239 e. The van der Waals surface area contributed by atoms with Gasteiger partial charge < -0.3 is 29.7 Å². The number of ether oxygens (including phenoxy) is 1. The van der Waals surface area contributed by atoms with E-state index in [0.29, 0.717) is 61.3 Å². The number of piperidine rings is 1. The molecule has 5 heterocycles. The number of hydrogen-bond acceptors (Lipinski definition) is 13. The highest BCUT2D eigenvalue weighted by Gasteiger charge is 2.29. The van der Waals surface area contributed by atoms with Gasteiger partial charge in [-0.3, -0.25) is 19.7 Å². The lowest BCUT2D eigenvalue weighted by Crippen LogP contribution is -2.46. The Labute approximate surface area is 289 Å². The fourth-order valence-corrected chi connectivity index (χ4v) is 8.22. The van der Waals surface area contributed by atoms with Crippen LogP contribution in [-0.4, -0.2) is 113 Å². The number of Topliss-reactive ketones (excluding diaryl/α,β-unsaturated/α-hetero) is 1. The average Bonchev–Trinajstić information content (AvgIpc) is 3.29. The van der Waals surface area contributed by atoms with Gasteiger partial charge in [0, 0.05) is 50.8 Å². The maximum absolute atomic E-state index is 13.4. The number of carbonyl (C=O) groups is 1. The summed E-state index contributed by atoms with van der Waals surface area (Å²) in [4.78, 5) is 43.1. The Hall–Kier alpha value is -3.71. The van der Waals surface area contributed by atoms with Gasteiger partial charge in [0.15, 0.2) is 5.78 Å². The zero-order valence-electron chi connectivity index (χ0n) is 28.0. The molecule has 2 aliphatic heterocycles. The van der Waals surface area contributed by atoms with Crippen LogP contribution in [0.2, 0.25) is 0 Å². The van der Waals surface area contributed by atoms with Crippen molar-refractivity contribution in [2.45, 2.75) is 32.2 Å².